The molecule has 0 aliphatic rings. The van der Waals surface area contributed by atoms with Gasteiger partial charge < -0.3 is 19.8 Å². The molecule has 1 heterocycles. The molecule has 0 spiro atoms. The summed E-state index contributed by atoms with van der Waals surface area (Å²) in [5.74, 6) is 1.54. The molecule has 5 heteroatoms. The van der Waals surface area contributed by atoms with E-state index in [1.165, 1.54) is 0 Å². The maximum atomic E-state index is 12.2. The molecule has 0 saturated heterocycles. The van der Waals surface area contributed by atoms with Crippen LogP contribution in [0.4, 0.5) is 0 Å². The minimum atomic E-state index is -0.166. The molecule has 0 bridgehead atoms. The van der Waals surface area contributed by atoms with Crippen molar-refractivity contribution in [3.05, 3.63) is 53.5 Å². The second-order valence-electron chi connectivity index (χ2n) is 4.48. The summed E-state index contributed by atoms with van der Waals surface area (Å²) in [4.78, 5) is 13.8. The van der Waals surface area contributed by atoms with Crippen LogP contribution in [0.3, 0.4) is 0 Å². The molecule has 5 nitrogen and oxygen atoms in total. The van der Waals surface area contributed by atoms with Gasteiger partial charge in [-0.3, -0.25) is 4.79 Å². The molecule has 0 aliphatic carbocycles. The number of carbonyl (C=O) groups excluding carboxylic acids is 1. The summed E-state index contributed by atoms with van der Waals surface area (Å²) in [7, 11) is 3.35. The number of nitrogens with zero attached hydrogens (tertiary/aromatic N) is 1. The zero-order valence-corrected chi connectivity index (χ0v) is 11.6. The van der Waals surface area contributed by atoms with Crippen molar-refractivity contribution in [3.63, 3.8) is 0 Å². The van der Waals surface area contributed by atoms with Gasteiger partial charge in [0.1, 0.15) is 11.5 Å². The van der Waals surface area contributed by atoms with Crippen molar-refractivity contribution >= 4 is 5.91 Å². The SMILES string of the molecule is COc1ccc(CN(C)C(=O)c2ccc(CN)o2)cc1. The Bertz CT molecular complexity index is 575. The number of rotatable bonds is 5. The van der Waals surface area contributed by atoms with Crippen LogP contribution in [0.2, 0.25) is 0 Å². The summed E-state index contributed by atoms with van der Waals surface area (Å²) in [5.41, 5.74) is 6.48. The van der Waals surface area contributed by atoms with Crippen molar-refractivity contribution in [2.24, 2.45) is 5.73 Å². The van der Waals surface area contributed by atoms with E-state index >= 15 is 0 Å². The van der Waals surface area contributed by atoms with E-state index in [1.54, 1.807) is 31.2 Å². The number of methoxy groups -OCH3 is 1. The quantitative estimate of drug-likeness (QED) is 0.905. The molecule has 0 saturated carbocycles. The minimum absolute atomic E-state index is 0.166. The fourth-order valence-corrected chi connectivity index (χ4v) is 1.87. The number of nitrogens with two attached hydrogens (primary N) is 1. The standard InChI is InChI=1S/C15H18N2O3/c1-17(10-11-3-5-12(19-2)6-4-11)15(18)14-8-7-13(9-16)20-14/h3-8H,9-10,16H2,1-2H3. The van der Waals surface area contributed by atoms with Crippen molar-refractivity contribution in [1.29, 1.82) is 0 Å². The number of hydrogen-bond acceptors (Lipinski definition) is 4. The molecule has 2 rings (SSSR count). The summed E-state index contributed by atoms with van der Waals surface area (Å²) in [6, 6.07) is 11.0. The molecule has 106 valence electrons. The van der Waals surface area contributed by atoms with Crippen molar-refractivity contribution in [2.45, 2.75) is 13.1 Å². The molecule has 1 aromatic carbocycles. The number of carbonyl (C=O) groups is 1. The van der Waals surface area contributed by atoms with Gasteiger partial charge in [-0.15, -0.1) is 0 Å². The van der Waals surface area contributed by atoms with Crippen molar-refractivity contribution in [1.82, 2.24) is 4.90 Å². The predicted molar refractivity (Wildman–Crippen MR) is 75.4 cm³/mol. The largest absolute Gasteiger partial charge is 0.497 e. The molecule has 2 N–H and O–H groups in total. The van der Waals surface area contributed by atoms with Gasteiger partial charge in [0, 0.05) is 13.6 Å². The first kappa shape index (κ1) is 14.1. The van der Waals surface area contributed by atoms with Gasteiger partial charge in [0.15, 0.2) is 5.76 Å². The van der Waals surface area contributed by atoms with Gasteiger partial charge in [-0.25, -0.2) is 0 Å². The molecule has 0 aliphatic heterocycles. The van der Waals surface area contributed by atoms with Gasteiger partial charge in [0.25, 0.3) is 5.91 Å². The van der Waals surface area contributed by atoms with E-state index in [0.29, 0.717) is 18.1 Å². The number of furan rings is 1. The fourth-order valence-electron chi connectivity index (χ4n) is 1.87. The van der Waals surface area contributed by atoms with Gasteiger partial charge in [0.05, 0.1) is 13.7 Å². The minimum Gasteiger partial charge on any atom is -0.497 e. The molecule has 0 unspecified atom stereocenters. The van der Waals surface area contributed by atoms with Crippen LogP contribution in [-0.4, -0.2) is 25.0 Å². The summed E-state index contributed by atoms with van der Waals surface area (Å²) >= 11 is 0. The predicted octanol–water partition coefficient (Wildman–Crippen LogP) is 2.02. The first-order chi connectivity index (χ1) is 9.63. The number of benzene rings is 1. The lowest BCUT2D eigenvalue weighted by Crippen LogP contribution is -2.25. The number of amides is 1. The Labute approximate surface area is 117 Å². The molecule has 0 fully saturated rings. The molecule has 0 atom stereocenters. The Morgan fingerprint density at radius 2 is 1.95 bits per heavy atom. The van der Waals surface area contributed by atoms with E-state index in [0.717, 1.165) is 11.3 Å². The maximum Gasteiger partial charge on any atom is 0.289 e. The first-order valence-electron chi connectivity index (χ1n) is 6.31. The van der Waals surface area contributed by atoms with E-state index in [2.05, 4.69) is 0 Å². The van der Waals surface area contributed by atoms with E-state index in [1.807, 2.05) is 24.3 Å². The Morgan fingerprint density at radius 1 is 1.25 bits per heavy atom. The van der Waals surface area contributed by atoms with Gasteiger partial charge in [-0.05, 0) is 29.8 Å². The van der Waals surface area contributed by atoms with Crippen molar-refractivity contribution in [2.75, 3.05) is 14.2 Å². The highest BCUT2D eigenvalue weighted by atomic mass is 16.5. The molecule has 0 radical (unpaired) electrons. The third-order valence-electron chi connectivity index (χ3n) is 3.00. The molecular formula is C15H18N2O3. The van der Waals surface area contributed by atoms with Crippen LogP contribution in [0.15, 0.2) is 40.8 Å². The zero-order chi connectivity index (χ0) is 14.5. The van der Waals surface area contributed by atoms with Crippen LogP contribution in [0, 0.1) is 0 Å². The van der Waals surface area contributed by atoms with E-state index in [9.17, 15) is 4.79 Å². The Morgan fingerprint density at radius 3 is 2.50 bits per heavy atom. The van der Waals surface area contributed by atoms with Gasteiger partial charge in [0.2, 0.25) is 0 Å². The highest BCUT2D eigenvalue weighted by Gasteiger charge is 2.15. The second kappa shape index (κ2) is 6.25. The second-order valence-corrected chi connectivity index (χ2v) is 4.48. The Hall–Kier alpha value is -2.27. The smallest absolute Gasteiger partial charge is 0.289 e. The normalized spacial score (nSPS) is 10.3. The van der Waals surface area contributed by atoms with E-state index in [4.69, 9.17) is 14.9 Å². The molecule has 20 heavy (non-hydrogen) atoms. The molecular weight excluding hydrogens is 256 g/mol. The average Bonchev–Trinajstić information content (AvgIpc) is 2.96. The molecule has 1 aromatic heterocycles. The van der Waals surface area contributed by atoms with Crippen LogP contribution < -0.4 is 10.5 Å². The van der Waals surface area contributed by atoms with Gasteiger partial charge in [-0.2, -0.15) is 0 Å². The van der Waals surface area contributed by atoms with E-state index in [-0.39, 0.29) is 12.5 Å². The lowest BCUT2D eigenvalue weighted by Gasteiger charge is -2.16. The summed E-state index contributed by atoms with van der Waals surface area (Å²) in [6.07, 6.45) is 0. The summed E-state index contributed by atoms with van der Waals surface area (Å²) < 4.78 is 10.5. The lowest BCUT2D eigenvalue weighted by atomic mass is 10.2. The first-order valence-corrected chi connectivity index (χ1v) is 6.31. The Balaban J connectivity index is 2.02. The molecule has 1 amide bonds. The third-order valence-corrected chi connectivity index (χ3v) is 3.00. The number of hydrogen-bond donors (Lipinski definition) is 1. The van der Waals surface area contributed by atoms with Crippen LogP contribution >= 0.6 is 0 Å². The monoisotopic (exact) mass is 274 g/mol. The third kappa shape index (κ3) is 3.19. The molecule has 2 aromatic rings. The topological polar surface area (TPSA) is 68.7 Å². The Kier molecular flexibility index (Phi) is 4.42. The summed E-state index contributed by atoms with van der Waals surface area (Å²) in [5, 5.41) is 0. The van der Waals surface area contributed by atoms with Crippen LogP contribution in [0.25, 0.3) is 0 Å². The highest BCUT2D eigenvalue weighted by molar-refractivity contribution is 5.91. The summed E-state index contributed by atoms with van der Waals surface area (Å²) in [6.45, 7) is 0.789. The number of ether oxygens (including phenoxy) is 1. The van der Waals surface area contributed by atoms with Crippen LogP contribution in [0.5, 0.6) is 5.75 Å². The van der Waals surface area contributed by atoms with Crippen molar-refractivity contribution < 1.29 is 13.9 Å². The van der Waals surface area contributed by atoms with E-state index < -0.39 is 0 Å². The van der Waals surface area contributed by atoms with Crippen LogP contribution in [0.1, 0.15) is 21.9 Å². The van der Waals surface area contributed by atoms with Gasteiger partial charge in [-0.1, -0.05) is 12.1 Å². The van der Waals surface area contributed by atoms with Crippen molar-refractivity contribution in [3.8, 4) is 5.75 Å². The van der Waals surface area contributed by atoms with Gasteiger partial charge >= 0.3 is 0 Å². The maximum absolute atomic E-state index is 12.2. The fraction of sp³-hybridized carbons (Fsp3) is 0.267. The average molecular weight is 274 g/mol. The lowest BCUT2D eigenvalue weighted by molar-refractivity contribution is 0.0751. The van der Waals surface area contributed by atoms with Crippen LogP contribution in [-0.2, 0) is 13.1 Å². The zero-order valence-electron chi connectivity index (χ0n) is 11.6. The highest BCUT2D eigenvalue weighted by Crippen LogP contribution is 2.15.